The van der Waals surface area contributed by atoms with Crippen LogP contribution in [0.1, 0.15) is 16.9 Å². The summed E-state index contributed by atoms with van der Waals surface area (Å²) < 4.78 is 0. The highest BCUT2D eigenvalue weighted by Gasteiger charge is 2.13. The van der Waals surface area contributed by atoms with E-state index < -0.39 is 0 Å². The third-order valence-electron chi connectivity index (χ3n) is 3.09. The Balaban J connectivity index is 1.60. The highest BCUT2D eigenvalue weighted by atomic mass is 32.1. The molecule has 1 aliphatic rings. The highest BCUT2D eigenvalue weighted by Crippen LogP contribution is 2.15. The van der Waals surface area contributed by atoms with Crippen molar-refractivity contribution in [3.8, 4) is 0 Å². The van der Waals surface area contributed by atoms with E-state index in [1.807, 2.05) is 11.3 Å². The van der Waals surface area contributed by atoms with E-state index in [-0.39, 0.29) is 0 Å². The van der Waals surface area contributed by atoms with Gasteiger partial charge in [0.25, 0.3) is 0 Å². The minimum atomic E-state index is 0.856. The number of rotatable bonds is 5. The van der Waals surface area contributed by atoms with E-state index in [0.717, 1.165) is 12.5 Å². The third kappa shape index (κ3) is 3.30. The van der Waals surface area contributed by atoms with Crippen LogP contribution in [0.25, 0.3) is 0 Å². The minimum Gasteiger partial charge on any atom is -0.316 e. The second-order valence-corrected chi connectivity index (χ2v) is 5.34. The van der Waals surface area contributed by atoms with Gasteiger partial charge in [0.2, 0.25) is 0 Å². The van der Waals surface area contributed by atoms with E-state index in [9.17, 15) is 0 Å². The molecule has 1 aliphatic heterocycles. The summed E-state index contributed by atoms with van der Waals surface area (Å²) in [4.78, 5) is 1.53. The molecule has 0 saturated carbocycles. The molecule has 3 heteroatoms. The molecule has 0 aromatic carbocycles. The molecule has 2 nitrogen and oxygen atoms in total. The van der Waals surface area contributed by atoms with Crippen LogP contribution >= 0.6 is 11.3 Å². The van der Waals surface area contributed by atoms with E-state index in [0.29, 0.717) is 0 Å². The smallest absolute Gasteiger partial charge is 0.00870 e. The Labute approximate surface area is 96.1 Å². The zero-order valence-corrected chi connectivity index (χ0v) is 10.2. The molecule has 15 heavy (non-hydrogen) atoms. The summed E-state index contributed by atoms with van der Waals surface area (Å²) in [7, 11) is 0. The quantitative estimate of drug-likeness (QED) is 0.745. The third-order valence-corrected chi connectivity index (χ3v) is 4.18. The molecule has 0 radical (unpaired) electrons. The van der Waals surface area contributed by atoms with E-state index in [2.05, 4.69) is 29.0 Å². The fourth-order valence-corrected chi connectivity index (χ4v) is 2.97. The summed E-state index contributed by atoms with van der Waals surface area (Å²) >= 11 is 1.88. The van der Waals surface area contributed by atoms with Gasteiger partial charge in [-0.05, 0) is 68.9 Å². The number of aryl methyl sites for hydroxylation is 1. The van der Waals surface area contributed by atoms with Gasteiger partial charge in [0.1, 0.15) is 0 Å². The lowest BCUT2D eigenvalue weighted by Crippen LogP contribution is -2.26. The van der Waals surface area contributed by atoms with E-state index in [4.69, 9.17) is 0 Å². The van der Waals surface area contributed by atoms with Gasteiger partial charge in [-0.1, -0.05) is 0 Å². The van der Waals surface area contributed by atoms with Crippen LogP contribution in [0.2, 0.25) is 0 Å². The molecule has 2 rings (SSSR count). The summed E-state index contributed by atoms with van der Waals surface area (Å²) in [6.45, 7) is 6.91. The molecule has 84 valence electrons. The van der Waals surface area contributed by atoms with Crippen LogP contribution in [0, 0.1) is 12.8 Å². The van der Waals surface area contributed by atoms with Crippen LogP contribution in [0.3, 0.4) is 0 Å². The van der Waals surface area contributed by atoms with E-state index in [1.54, 1.807) is 0 Å². The number of nitrogens with one attached hydrogen (secondary N) is 2. The monoisotopic (exact) mass is 224 g/mol. The van der Waals surface area contributed by atoms with Crippen molar-refractivity contribution in [3.63, 3.8) is 0 Å². The lowest BCUT2D eigenvalue weighted by molar-refractivity contribution is 0.515. The molecule has 2 N–H and O–H groups in total. The minimum absolute atomic E-state index is 0.856. The summed E-state index contributed by atoms with van der Waals surface area (Å²) in [6.07, 6.45) is 2.52. The Morgan fingerprint density at radius 1 is 1.60 bits per heavy atom. The predicted molar refractivity (Wildman–Crippen MR) is 66.6 cm³/mol. The molecule has 1 unspecified atom stereocenters. The molecule has 1 fully saturated rings. The second-order valence-electron chi connectivity index (χ2n) is 4.34. The van der Waals surface area contributed by atoms with Crippen LogP contribution in [0.5, 0.6) is 0 Å². The van der Waals surface area contributed by atoms with Crippen molar-refractivity contribution in [1.82, 2.24) is 10.6 Å². The van der Waals surface area contributed by atoms with Gasteiger partial charge in [-0.3, -0.25) is 0 Å². The Kier molecular flexibility index (Phi) is 4.18. The molecule has 1 aromatic heterocycles. The van der Waals surface area contributed by atoms with E-state index >= 15 is 0 Å². The van der Waals surface area contributed by atoms with Gasteiger partial charge in [-0.25, -0.2) is 0 Å². The predicted octanol–water partition coefficient (Wildman–Crippen LogP) is 1.80. The molecule has 1 saturated heterocycles. The van der Waals surface area contributed by atoms with Crippen molar-refractivity contribution in [2.24, 2.45) is 5.92 Å². The van der Waals surface area contributed by atoms with Crippen LogP contribution < -0.4 is 10.6 Å². The summed E-state index contributed by atoms with van der Waals surface area (Å²) in [5, 5.41) is 9.14. The zero-order valence-electron chi connectivity index (χ0n) is 9.38. The van der Waals surface area contributed by atoms with Crippen LogP contribution in [-0.2, 0) is 6.42 Å². The van der Waals surface area contributed by atoms with Crippen molar-refractivity contribution in [3.05, 3.63) is 21.9 Å². The maximum atomic E-state index is 3.56. The SMILES string of the molecule is Cc1ccsc1CCNCC1CCNC1. The lowest BCUT2D eigenvalue weighted by Gasteiger charge is -2.09. The Hall–Kier alpha value is -0.380. The average Bonchev–Trinajstić information content (AvgIpc) is 2.85. The van der Waals surface area contributed by atoms with Crippen molar-refractivity contribution in [1.29, 1.82) is 0 Å². The molecular formula is C12H20N2S. The average molecular weight is 224 g/mol. The first-order valence-electron chi connectivity index (χ1n) is 5.80. The number of hydrogen-bond acceptors (Lipinski definition) is 3. The van der Waals surface area contributed by atoms with Crippen LogP contribution in [-0.4, -0.2) is 26.2 Å². The standard InChI is InChI=1S/C12H20N2S/c1-10-4-7-15-12(10)3-6-14-9-11-2-5-13-8-11/h4,7,11,13-14H,2-3,5-6,8-9H2,1H3. The fourth-order valence-electron chi connectivity index (χ4n) is 2.06. The Morgan fingerprint density at radius 3 is 3.20 bits per heavy atom. The Morgan fingerprint density at radius 2 is 2.53 bits per heavy atom. The first-order valence-corrected chi connectivity index (χ1v) is 6.68. The number of hydrogen-bond donors (Lipinski definition) is 2. The summed E-state index contributed by atoms with van der Waals surface area (Å²) in [5.41, 5.74) is 1.45. The number of thiophene rings is 1. The molecule has 0 bridgehead atoms. The normalized spacial score (nSPS) is 21.0. The molecule has 1 atom stereocenters. The van der Waals surface area contributed by atoms with Gasteiger partial charge >= 0.3 is 0 Å². The van der Waals surface area contributed by atoms with Crippen molar-refractivity contribution >= 4 is 11.3 Å². The lowest BCUT2D eigenvalue weighted by atomic mass is 10.1. The highest BCUT2D eigenvalue weighted by molar-refractivity contribution is 7.10. The first kappa shape index (κ1) is 11.1. The van der Waals surface area contributed by atoms with Gasteiger partial charge < -0.3 is 10.6 Å². The van der Waals surface area contributed by atoms with Crippen molar-refractivity contribution in [2.75, 3.05) is 26.2 Å². The first-order chi connectivity index (χ1) is 7.36. The maximum absolute atomic E-state index is 3.56. The van der Waals surface area contributed by atoms with Gasteiger partial charge in [-0.2, -0.15) is 0 Å². The molecular weight excluding hydrogens is 204 g/mol. The van der Waals surface area contributed by atoms with Crippen molar-refractivity contribution in [2.45, 2.75) is 19.8 Å². The zero-order chi connectivity index (χ0) is 10.5. The van der Waals surface area contributed by atoms with Gasteiger partial charge in [-0.15, -0.1) is 11.3 Å². The molecule has 1 aromatic rings. The topological polar surface area (TPSA) is 24.1 Å². The molecule has 2 heterocycles. The van der Waals surface area contributed by atoms with E-state index in [1.165, 1.54) is 42.9 Å². The molecule has 0 spiro atoms. The second kappa shape index (κ2) is 5.64. The van der Waals surface area contributed by atoms with Crippen LogP contribution in [0.15, 0.2) is 11.4 Å². The molecule has 0 amide bonds. The largest absolute Gasteiger partial charge is 0.316 e. The van der Waals surface area contributed by atoms with Gasteiger partial charge in [0.05, 0.1) is 0 Å². The maximum Gasteiger partial charge on any atom is 0.00870 e. The van der Waals surface area contributed by atoms with Gasteiger partial charge in [0.15, 0.2) is 0 Å². The fraction of sp³-hybridized carbons (Fsp3) is 0.667. The summed E-state index contributed by atoms with van der Waals surface area (Å²) in [6, 6.07) is 2.21. The van der Waals surface area contributed by atoms with Gasteiger partial charge in [0, 0.05) is 4.88 Å². The molecule has 0 aliphatic carbocycles. The Bertz CT molecular complexity index is 290. The summed E-state index contributed by atoms with van der Waals surface area (Å²) in [5.74, 6) is 0.856. The van der Waals surface area contributed by atoms with Crippen molar-refractivity contribution < 1.29 is 0 Å². The van der Waals surface area contributed by atoms with Crippen LogP contribution in [0.4, 0.5) is 0 Å².